The Morgan fingerprint density at radius 3 is 2.61 bits per heavy atom. The van der Waals surface area contributed by atoms with Gasteiger partial charge in [-0.1, -0.05) is 35.9 Å². The summed E-state index contributed by atoms with van der Waals surface area (Å²) in [6.07, 6.45) is 5.51. The van der Waals surface area contributed by atoms with E-state index in [-0.39, 0.29) is 18.0 Å². The van der Waals surface area contributed by atoms with Gasteiger partial charge in [-0.25, -0.2) is 0 Å². The molecule has 1 atom stereocenters. The number of nitrogens with one attached hydrogen (secondary N) is 1. The van der Waals surface area contributed by atoms with Crippen molar-refractivity contribution in [2.45, 2.75) is 32.2 Å². The van der Waals surface area contributed by atoms with Crippen molar-refractivity contribution in [3.63, 3.8) is 0 Å². The van der Waals surface area contributed by atoms with Crippen molar-refractivity contribution < 1.29 is 0 Å². The van der Waals surface area contributed by atoms with Crippen LogP contribution in [0.1, 0.15) is 35.7 Å². The van der Waals surface area contributed by atoms with Gasteiger partial charge in [0.2, 0.25) is 0 Å². The van der Waals surface area contributed by atoms with E-state index in [2.05, 4.69) is 59.3 Å². The van der Waals surface area contributed by atoms with E-state index in [1.54, 1.807) is 10.6 Å². The summed E-state index contributed by atoms with van der Waals surface area (Å²) in [5.74, 6) is 0. The lowest BCUT2D eigenvalue weighted by Crippen LogP contribution is -2.30. The molecule has 31 heavy (non-hydrogen) atoms. The summed E-state index contributed by atoms with van der Waals surface area (Å²) in [6, 6.07) is 19.0. The van der Waals surface area contributed by atoms with Crippen LogP contribution in [0.15, 0.2) is 65.6 Å². The molecule has 158 valence electrons. The second kappa shape index (κ2) is 7.70. The molecule has 0 saturated carbocycles. The van der Waals surface area contributed by atoms with Gasteiger partial charge in [-0.05, 0) is 61.2 Å². The van der Waals surface area contributed by atoms with Crippen LogP contribution in [0.5, 0.6) is 0 Å². The van der Waals surface area contributed by atoms with Gasteiger partial charge in [0, 0.05) is 47.9 Å². The SMILES string of the molecule is Cc1ccc(-c2ccn(-c3ccc4c5c([nH]c4c3)CCN3CCCC53)c(=O)c2)cc1.Cl. The third kappa shape index (κ3) is 3.31. The van der Waals surface area contributed by atoms with Crippen LogP contribution < -0.4 is 5.56 Å². The Balaban J connectivity index is 0.00000204. The first-order chi connectivity index (χ1) is 14.7. The largest absolute Gasteiger partial charge is 0.358 e. The molecule has 1 saturated heterocycles. The Labute approximate surface area is 187 Å². The Morgan fingerprint density at radius 2 is 1.81 bits per heavy atom. The monoisotopic (exact) mass is 431 g/mol. The minimum absolute atomic E-state index is 0. The summed E-state index contributed by atoms with van der Waals surface area (Å²) in [4.78, 5) is 19.2. The van der Waals surface area contributed by atoms with Crippen LogP contribution in [-0.2, 0) is 6.42 Å². The highest BCUT2D eigenvalue weighted by molar-refractivity contribution is 5.87. The van der Waals surface area contributed by atoms with Gasteiger partial charge in [0.15, 0.2) is 0 Å². The zero-order valence-corrected chi connectivity index (χ0v) is 18.4. The average molecular weight is 432 g/mol. The second-order valence-corrected chi connectivity index (χ2v) is 8.68. The molecule has 2 aromatic heterocycles. The summed E-state index contributed by atoms with van der Waals surface area (Å²) >= 11 is 0. The number of H-pyrrole nitrogens is 1. The lowest BCUT2D eigenvalue weighted by Gasteiger charge is -2.29. The van der Waals surface area contributed by atoms with Crippen LogP contribution >= 0.6 is 12.4 Å². The lowest BCUT2D eigenvalue weighted by molar-refractivity contribution is 0.244. The number of aromatic nitrogens is 2. The Bertz CT molecular complexity index is 1320. The van der Waals surface area contributed by atoms with E-state index in [1.165, 1.54) is 41.6 Å². The Kier molecular flexibility index (Phi) is 4.99. The topological polar surface area (TPSA) is 41.0 Å². The molecule has 1 fully saturated rings. The number of nitrogens with zero attached hydrogens (tertiary/aromatic N) is 2. The molecular formula is C26H26ClN3O. The quantitative estimate of drug-likeness (QED) is 0.461. The van der Waals surface area contributed by atoms with Gasteiger partial charge in [0.25, 0.3) is 5.56 Å². The normalized spacial score (nSPS) is 17.9. The molecule has 4 nitrogen and oxygen atoms in total. The predicted octanol–water partition coefficient (Wildman–Crippen LogP) is 5.41. The van der Waals surface area contributed by atoms with E-state index < -0.39 is 0 Å². The molecule has 1 N–H and O–H groups in total. The Hall–Kier alpha value is -2.82. The molecule has 2 aliphatic rings. The third-order valence-corrected chi connectivity index (χ3v) is 6.83. The van der Waals surface area contributed by atoms with Crippen molar-refractivity contribution in [2.24, 2.45) is 0 Å². The van der Waals surface area contributed by atoms with Crippen molar-refractivity contribution >= 4 is 23.3 Å². The molecule has 0 radical (unpaired) electrons. The molecular weight excluding hydrogens is 406 g/mol. The summed E-state index contributed by atoms with van der Waals surface area (Å²) in [7, 11) is 0. The van der Waals surface area contributed by atoms with Gasteiger partial charge in [-0.15, -0.1) is 12.4 Å². The van der Waals surface area contributed by atoms with Gasteiger partial charge in [-0.2, -0.15) is 0 Å². The molecule has 0 spiro atoms. The number of rotatable bonds is 2. The highest BCUT2D eigenvalue weighted by Gasteiger charge is 2.33. The maximum absolute atomic E-state index is 12.9. The molecule has 1 unspecified atom stereocenters. The maximum Gasteiger partial charge on any atom is 0.255 e. The number of aromatic amines is 1. The number of pyridine rings is 1. The standard InChI is InChI=1S/C26H25N3O.ClH/c1-17-4-6-18(7-5-17)19-10-14-29(25(30)15-19)20-8-9-21-23(16-20)27-22-11-13-28-12-2-3-24(28)26(21)22;/h4-10,14-16,24,27H,2-3,11-13H2,1H3;1H. The van der Waals surface area contributed by atoms with Gasteiger partial charge < -0.3 is 4.98 Å². The summed E-state index contributed by atoms with van der Waals surface area (Å²) in [5.41, 5.74) is 8.15. The van der Waals surface area contributed by atoms with E-state index in [0.29, 0.717) is 6.04 Å². The van der Waals surface area contributed by atoms with Gasteiger partial charge in [0.05, 0.1) is 5.69 Å². The fourth-order valence-electron chi connectivity index (χ4n) is 5.28. The Morgan fingerprint density at radius 1 is 0.968 bits per heavy atom. The van der Waals surface area contributed by atoms with E-state index >= 15 is 0 Å². The summed E-state index contributed by atoms with van der Waals surface area (Å²) in [5, 5.41) is 1.31. The van der Waals surface area contributed by atoms with Crippen molar-refractivity contribution in [3.05, 3.63) is 88.0 Å². The van der Waals surface area contributed by atoms with Crippen molar-refractivity contribution in [1.82, 2.24) is 14.5 Å². The first kappa shape index (κ1) is 20.1. The van der Waals surface area contributed by atoms with E-state index in [9.17, 15) is 4.79 Å². The first-order valence-electron chi connectivity index (χ1n) is 10.9. The van der Waals surface area contributed by atoms with E-state index in [1.807, 2.05) is 12.3 Å². The average Bonchev–Trinajstić information content (AvgIpc) is 3.37. The van der Waals surface area contributed by atoms with Crippen LogP contribution in [0.4, 0.5) is 0 Å². The number of benzene rings is 2. The van der Waals surface area contributed by atoms with Crippen LogP contribution in [-0.4, -0.2) is 27.5 Å². The predicted molar refractivity (Wildman–Crippen MR) is 129 cm³/mol. The minimum atomic E-state index is -0.00860. The van der Waals surface area contributed by atoms with Crippen LogP contribution in [0.3, 0.4) is 0 Å². The van der Waals surface area contributed by atoms with E-state index in [0.717, 1.165) is 35.3 Å². The maximum atomic E-state index is 12.9. The van der Waals surface area contributed by atoms with E-state index in [4.69, 9.17) is 0 Å². The highest BCUT2D eigenvalue weighted by Crippen LogP contribution is 2.41. The summed E-state index contributed by atoms with van der Waals surface area (Å²) < 4.78 is 1.73. The van der Waals surface area contributed by atoms with Crippen LogP contribution in [0, 0.1) is 6.92 Å². The molecule has 4 aromatic rings. The number of hydrogen-bond donors (Lipinski definition) is 1. The minimum Gasteiger partial charge on any atom is -0.358 e. The summed E-state index contributed by atoms with van der Waals surface area (Å²) in [6.45, 7) is 4.44. The highest BCUT2D eigenvalue weighted by atomic mass is 35.5. The molecule has 0 bridgehead atoms. The number of halogens is 1. The lowest BCUT2D eigenvalue weighted by atomic mass is 9.96. The van der Waals surface area contributed by atoms with Gasteiger partial charge in [0.1, 0.15) is 0 Å². The van der Waals surface area contributed by atoms with Gasteiger partial charge in [-0.3, -0.25) is 14.3 Å². The molecule has 2 aromatic carbocycles. The van der Waals surface area contributed by atoms with Crippen LogP contribution in [0.25, 0.3) is 27.7 Å². The molecule has 4 heterocycles. The zero-order valence-electron chi connectivity index (χ0n) is 17.6. The van der Waals surface area contributed by atoms with Crippen LogP contribution in [0.2, 0.25) is 0 Å². The number of fused-ring (bicyclic) bond motifs is 5. The molecule has 6 rings (SSSR count). The first-order valence-corrected chi connectivity index (χ1v) is 10.9. The molecule has 5 heteroatoms. The number of hydrogen-bond acceptors (Lipinski definition) is 2. The zero-order chi connectivity index (χ0) is 20.2. The third-order valence-electron chi connectivity index (χ3n) is 6.83. The fraction of sp³-hybridized carbons (Fsp3) is 0.269. The van der Waals surface area contributed by atoms with Crippen molar-refractivity contribution in [3.8, 4) is 16.8 Å². The fourth-order valence-corrected chi connectivity index (χ4v) is 5.28. The molecule has 0 amide bonds. The number of aryl methyl sites for hydroxylation is 1. The van der Waals surface area contributed by atoms with Crippen molar-refractivity contribution in [2.75, 3.05) is 13.1 Å². The molecule has 0 aliphatic carbocycles. The second-order valence-electron chi connectivity index (χ2n) is 8.68. The van der Waals surface area contributed by atoms with Crippen molar-refractivity contribution in [1.29, 1.82) is 0 Å². The molecule has 2 aliphatic heterocycles. The smallest absolute Gasteiger partial charge is 0.255 e. The van der Waals surface area contributed by atoms with Gasteiger partial charge >= 0.3 is 0 Å².